The molecule has 2 aromatic rings. The number of rotatable bonds is 8. The summed E-state index contributed by atoms with van der Waals surface area (Å²) in [5, 5.41) is 4.54. The molecule has 0 bridgehead atoms. The van der Waals surface area contributed by atoms with E-state index in [9.17, 15) is 8.42 Å². The van der Waals surface area contributed by atoms with Crippen molar-refractivity contribution in [2.75, 3.05) is 13.1 Å². The first-order chi connectivity index (χ1) is 12.2. The van der Waals surface area contributed by atoms with Gasteiger partial charge in [0.25, 0.3) is 0 Å². The third-order valence-corrected chi connectivity index (χ3v) is 7.58. The van der Waals surface area contributed by atoms with E-state index >= 15 is 0 Å². The summed E-state index contributed by atoms with van der Waals surface area (Å²) >= 11 is 1.73. The Morgan fingerprint density at radius 3 is 2.19 bits per heavy atom. The summed E-state index contributed by atoms with van der Waals surface area (Å²) in [6.45, 7) is 12.6. The van der Waals surface area contributed by atoms with Crippen molar-refractivity contribution in [1.82, 2.24) is 14.6 Å². The molecule has 0 aliphatic carbocycles. The zero-order valence-electron chi connectivity index (χ0n) is 16.2. The van der Waals surface area contributed by atoms with Gasteiger partial charge in [0, 0.05) is 42.7 Å². The van der Waals surface area contributed by atoms with Crippen molar-refractivity contribution in [3.63, 3.8) is 0 Å². The van der Waals surface area contributed by atoms with Crippen LogP contribution < -0.4 is 5.32 Å². The van der Waals surface area contributed by atoms with Gasteiger partial charge in [-0.25, -0.2) is 13.4 Å². The van der Waals surface area contributed by atoms with E-state index in [0.717, 1.165) is 17.1 Å². The Kier molecular flexibility index (Phi) is 6.96. The molecule has 0 saturated carbocycles. The van der Waals surface area contributed by atoms with Gasteiger partial charge in [0.15, 0.2) is 0 Å². The summed E-state index contributed by atoms with van der Waals surface area (Å²) in [6.07, 6.45) is 1.93. The fourth-order valence-electron chi connectivity index (χ4n) is 2.56. The van der Waals surface area contributed by atoms with Crippen LogP contribution in [0.5, 0.6) is 0 Å². The van der Waals surface area contributed by atoms with E-state index in [1.165, 1.54) is 9.18 Å². The second kappa shape index (κ2) is 8.61. The summed E-state index contributed by atoms with van der Waals surface area (Å²) in [5.74, 6) is 0. The number of thiazole rings is 1. The van der Waals surface area contributed by atoms with Gasteiger partial charge >= 0.3 is 0 Å². The largest absolute Gasteiger partial charge is 0.308 e. The first kappa shape index (κ1) is 21.0. The van der Waals surface area contributed by atoms with Gasteiger partial charge in [-0.2, -0.15) is 4.31 Å². The number of hydrogen-bond donors (Lipinski definition) is 1. The molecule has 5 nitrogen and oxygen atoms in total. The highest BCUT2D eigenvalue weighted by atomic mass is 32.2. The summed E-state index contributed by atoms with van der Waals surface area (Å²) in [4.78, 5) is 6.05. The van der Waals surface area contributed by atoms with Crippen molar-refractivity contribution in [1.29, 1.82) is 0 Å². The minimum atomic E-state index is -3.39. The predicted molar refractivity (Wildman–Crippen MR) is 108 cm³/mol. The molecule has 0 unspecified atom stereocenters. The molecule has 1 aromatic heterocycles. The van der Waals surface area contributed by atoms with Crippen molar-refractivity contribution < 1.29 is 8.42 Å². The van der Waals surface area contributed by atoms with E-state index in [-0.39, 0.29) is 5.41 Å². The van der Waals surface area contributed by atoms with Gasteiger partial charge in [-0.3, -0.25) is 0 Å². The zero-order chi connectivity index (χ0) is 19.4. The lowest BCUT2D eigenvalue weighted by Crippen LogP contribution is -2.30. The monoisotopic (exact) mass is 395 g/mol. The molecular weight excluding hydrogens is 366 g/mol. The molecular formula is C19H29N3O2S2. The molecule has 0 spiro atoms. The van der Waals surface area contributed by atoms with Crippen molar-refractivity contribution in [3.05, 3.63) is 45.9 Å². The number of benzene rings is 1. The zero-order valence-corrected chi connectivity index (χ0v) is 17.9. The van der Waals surface area contributed by atoms with Gasteiger partial charge < -0.3 is 5.32 Å². The van der Waals surface area contributed by atoms with Gasteiger partial charge in [0.05, 0.1) is 9.90 Å². The number of hydrogen-bond acceptors (Lipinski definition) is 5. The summed E-state index contributed by atoms with van der Waals surface area (Å²) in [7, 11) is -3.39. The van der Waals surface area contributed by atoms with Gasteiger partial charge in [0.2, 0.25) is 10.0 Å². The molecule has 7 heteroatoms. The Hall–Kier alpha value is -1.28. The summed E-state index contributed by atoms with van der Waals surface area (Å²) < 4.78 is 26.5. The highest BCUT2D eigenvalue weighted by molar-refractivity contribution is 7.89. The Labute approximate surface area is 161 Å². The lowest BCUT2D eigenvalue weighted by molar-refractivity contribution is 0.445. The van der Waals surface area contributed by atoms with Crippen molar-refractivity contribution in [2.24, 2.45) is 0 Å². The smallest absolute Gasteiger partial charge is 0.243 e. The molecule has 0 aliphatic rings. The molecule has 0 atom stereocenters. The normalized spacial score (nSPS) is 12.7. The van der Waals surface area contributed by atoms with Gasteiger partial charge in [-0.05, 0) is 17.7 Å². The molecule has 0 saturated heterocycles. The molecule has 26 heavy (non-hydrogen) atoms. The van der Waals surface area contributed by atoms with Crippen LogP contribution in [0.25, 0.3) is 0 Å². The van der Waals surface area contributed by atoms with E-state index in [2.05, 4.69) is 31.1 Å². The van der Waals surface area contributed by atoms with Crippen LogP contribution in [0.15, 0.2) is 35.4 Å². The van der Waals surface area contributed by atoms with Crippen LogP contribution in [0.3, 0.4) is 0 Å². The predicted octanol–water partition coefficient (Wildman–Crippen LogP) is 3.76. The standard InChI is InChI=1S/C19H29N3O2S2/c1-6-22(7-2)26(23,24)17-10-8-15(9-11-17)12-20-13-16-14-21-18(25-16)19(3,4)5/h8-11,14,20H,6-7,12-13H2,1-5H3. The quantitative estimate of drug-likeness (QED) is 0.739. The summed E-state index contributed by atoms with van der Waals surface area (Å²) in [5.41, 5.74) is 1.14. The van der Waals surface area contributed by atoms with E-state index < -0.39 is 10.0 Å². The highest BCUT2D eigenvalue weighted by Crippen LogP contribution is 2.26. The van der Waals surface area contributed by atoms with Crippen LogP contribution in [0, 0.1) is 0 Å². The van der Waals surface area contributed by atoms with E-state index in [1.54, 1.807) is 23.5 Å². The molecule has 144 valence electrons. The fourth-order valence-corrected chi connectivity index (χ4v) is 4.96. The third-order valence-electron chi connectivity index (χ3n) is 4.09. The lowest BCUT2D eigenvalue weighted by atomic mass is 9.98. The lowest BCUT2D eigenvalue weighted by Gasteiger charge is -2.18. The molecule has 1 heterocycles. The van der Waals surface area contributed by atoms with Gasteiger partial charge in [-0.15, -0.1) is 11.3 Å². The minimum absolute atomic E-state index is 0.0785. The van der Waals surface area contributed by atoms with Crippen LogP contribution >= 0.6 is 11.3 Å². The molecule has 0 radical (unpaired) electrons. The molecule has 1 aromatic carbocycles. The summed E-state index contributed by atoms with van der Waals surface area (Å²) in [6, 6.07) is 7.12. The van der Waals surface area contributed by atoms with Gasteiger partial charge in [-0.1, -0.05) is 46.8 Å². The Morgan fingerprint density at radius 1 is 1.08 bits per heavy atom. The second-order valence-electron chi connectivity index (χ2n) is 7.22. The molecule has 2 rings (SSSR count). The van der Waals surface area contributed by atoms with Crippen molar-refractivity contribution in [3.8, 4) is 0 Å². The molecule has 0 amide bonds. The first-order valence-electron chi connectivity index (χ1n) is 8.93. The van der Waals surface area contributed by atoms with Crippen molar-refractivity contribution >= 4 is 21.4 Å². The average Bonchev–Trinajstić information content (AvgIpc) is 3.05. The minimum Gasteiger partial charge on any atom is -0.308 e. The molecule has 1 N–H and O–H groups in total. The number of nitrogens with one attached hydrogen (secondary N) is 1. The van der Waals surface area contributed by atoms with E-state index in [4.69, 9.17) is 0 Å². The maximum absolute atomic E-state index is 12.5. The van der Waals surface area contributed by atoms with Crippen molar-refractivity contribution in [2.45, 2.75) is 58.0 Å². The SMILES string of the molecule is CCN(CC)S(=O)(=O)c1ccc(CNCc2cnc(C(C)(C)C)s2)cc1. The van der Waals surface area contributed by atoms with Crippen LogP contribution in [-0.4, -0.2) is 30.8 Å². The van der Waals surface area contributed by atoms with Crippen LogP contribution in [-0.2, 0) is 28.5 Å². The number of aromatic nitrogens is 1. The van der Waals surface area contributed by atoms with Crippen LogP contribution in [0.4, 0.5) is 0 Å². The Morgan fingerprint density at radius 2 is 1.69 bits per heavy atom. The Balaban J connectivity index is 1.95. The van der Waals surface area contributed by atoms with E-state index in [0.29, 0.717) is 24.5 Å². The molecule has 0 fully saturated rings. The maximum Gasteiger partial charge on any atom is 0.243 e. The fraction of sp³-hybridized carbons (Fsp3) is 0.526. The topological polar surface area (TPSA) is 62.3 Å². The number of sulfonamides is 1. The van der Waals surface area contributed by atoms with E-state index in [1.807, 2.05) is 32.2 Å². The highest BCUT2D eigenvalue weighted by Gasteiger charge is 2.21. The van der Waals surface area contributed by atoms with Gasteiger partial charge in [0.1, 0.15) is 0 Å². The van der Waals surface area contributed by atoms with Crippen LogP contribution in [0.2, 0.25) is 0 Å². The second-order valence-corrected chi connectivity index (χ2v) is 10.3. The third kappa shape index (κ3) is 5.13. The molecule has 0 aliphatic heterocycles. The average molecular weight is 396 g/mol. The number of nitrogens with zero attached hydrogens (tertiary/aromatic N) is 2. The van der Waals surface area contributed by atoms with Crippen LogP contribution in [0.1, 0.15) is 50.1 Å². The Bertz CT molecular complexity index is 802. The maximum atomic E-state index is 12.5. The first-order valence-corrected chi connectivity index (χ1v) is 11.2.